The first-order chi connectivity index (χ1) is 29.0. The molecule has 0 aromatic rings. The molecule has 16 nitrogen and oxygen atoms in total. The molecule has 0 aromatic carbocycles. The summed E-state index contributed by atoms with van der Waals surface area (Å²) in [5.74, 6) is -1.06. The number of rotatable bonds is 39. The highest BCUT2D eigenvalue weighted by molar-refractivity contribution is 7.47. The molecule has 61 heavy (non-hydrogen) atoms. The van der Waals surface area contributed by atoms with E-state index in [4.69, 9.17) is 23.8 Å². The topological polar surface area (TPSA) is 253 Å². The van der Waals surface area contributed by atoms with E-state index in [9.17, 15) is 43.7 Å². The molecule has 8 atom stereocenters. The van der Waals surface area contributed by atoms with Crippen LogP contribution in [0.1, 0.15) is 175 Å². The van der Waals surface area contributed by atoms with Crippen LogP contribution in [0.5, 0.6) is 0 Å². The number of hydrogen-bond acceptors (Lipinski definition) is 13. The minimum absolute atomic E-state index is 0.0275. The number of hydrogen-bond donors (Lipinski definition) is 6. The second-order valence-electron chi connectivity index (χ2n) is 16.7. The predicted octanol–water partition coefficient (Wildman–Crippen LogP) is 8.18. The Morgan fingerprint density at radius 3 is 1.87 bits per heavy atom. The average Bonchev–Trinajstić information content (AvgIpc) is 3.48. The maximum absolute atomic E-state index is 12.7. The zero-order valence-electron chi connectivity index (χ0n) is 37.2. The normalized spacial score (nSPS) is 20.1. The summed E-state index contributed by atoms with van der Waals surface area (Å²) in [5.41, 5.74) is 0. The molecule has 2 unspecified atom stereocenters. The fourth-order valence-corrected chi connectivity index (χ4v) is 8.33. The number of allylic oxidation sites excluding steroid dienone is 1. The van der Waals surface area contributed by atoms with Gasteiger partial charge < -0.3 is 39.5 Å². The highest BCUT2D eigenvalue weighted by Gasteiger charge is 2.39. The van der Waals surface area contributed by atoms with Gasteiger partial charge in [-0.2, -0.15) is 0 Å². The Bertz CT molecular complexity index is 1310. The molecule has 0 saturated heterocycles. The zero-order chi connectivity index (χ0) is 45.5. The molecule has 0 heterocycles. The van der Waals surface area contributed by atoms with Gasteiger partial charge in [-0.3, -0.25) is 28.0 Å². The van der Waals surface area contributed by atoms with Gasteiger partial charge in [-0.15, -0.1) is 0 Å². The highest BCUT2D eigenvalue weighted by Crippen LogP contribution is 2.44. The SMILES string of the molecule is CCCCC[C@H](O)/C=C/[C@H]1C(=O)C[C@H](O)[C@@H]1CCCCCCC(=O)OC[C@H](COP(=O)(O)OC[C@@H](O)COP(=O)(O)O)OC(=O)CCCCCCCCCCCCC(C)CC. The summed E-state index contributed by atoms with van der Waals surface area (Å²) in [5, 5.41) is 30.5. The van der Waals surface area contributed by atoms with Gasteiger partial charge >= 0.3 is 27.6 Å². The summed E-state index contributed by atoms with van der Waals surface area (Å²) in [4.78, 5) is 65.5. The van der Waals surface area contributed by atoms with Gasteiger partial charge in [0.1, 0.15) is 18.5 Å². The number of unbranched alkanes of at least 4 members (excludes halogenated alkanes) is 14. The number of carbonyl (C=O) groups is 3. The fraction of sp³-hybridized carbons (Fsp3) is 0.884. The van der Waals surface area contributed by atoms with Crippen LogP contribution in [0.2, 0.25) is 0 Å². The van der Waals surface area contributed by atoms with Crippen molar-refractivity contribution in [3.63, 3.8) is 0 Å². The molecule has 0 aromatic heterocycles. The van der Waals surface area contributed by atoms with Crippen LogP contribution >= 0.6 is 15.6 Å². The van der Waals surface area contributed by atoms with Gasteiger partial charge in [0.05, 0.1) is 32.0 Å². The van der Waals surface area contributed by atoms with Gasteiger partial charge in [-0.25, -0.2) is 9.13 Å². The highest BCUT2D eigenvalue weighted by atomic mass is 31.2. The van der Waals surface area contributed by atoms with Gasteiger partial charge in [-0.1, -0.05) is 142 Å². The van der Waals surface area contributed by atoms with Gasteiger partial charge in [0.15, 0.2) is 6.10 Å². The molecule has 6 N–H and O–H groups in total. The summed E-state index contributed by atoms with van der Waals surface area (Å²) in [6.45, 7) is 3.72. The first kappa shape index (κ1) is 57.5. The Kier molecular flexibility index (Phi) is 31.9. The standard InChI is InChI=1S/C43H80O16P2/c1-4-6-17-23-35(44)27-28-39-38(40(46)29-41(39)47)24-19-15-16-20-25-42(48)55-32-37(33-58-61(53,54)57-31-36(45)30-56-60(50,51)52)59-43(49)26-21-14-12-10-8-7-9-11-13-18-22-34(3)5-2/h27-28,34-40,44-46H,4-26,29-33H2,1-3H3,(H,53,54)(H2,50,51,52)/b28-27+/t34?,35-,36-,37+,38+,39+,40-/m0/s1. The maximum Gasteiger partial charge on any atom is 0.472 e. The molecule has 0 aliphatic heterocycles. The predicted molar refractivity (Wildman–Crippen MR) is 231 cm³/mol. The molecule has 358 valence electrons. The molecule has 0 amide bonds. The number of phosphoric ester groups is 2. The third-order valence-electron chi connectivity index (χ3n) is 11.1. The van der Waals surface area contributed by atoms with E-state index in [1.165, 1.54) is 44.9 Å². The fourth-order valence-electron chi connectivity index (χ4n) is 7.17. The molecule has 0 bridgehead atoms. The van der Waals surface area contributed by atoms with Crippen molar-refractivity contribution in [2.24, 2.45) is 17.8 Å². The lowest BCUT2D eigenvalue weighted by Gasteiger charge is -2.20. The van der Waals surface area contributed by atoms with Crippen molar-refractivity contribution < 1.29 is 76.6 Å². The Balaban J connectivity index is 2.52. The minimum atomic E-state index is -4.89. The third-order valence-corrected chi connectivity index (χ3v) is 12.5. The van der Waals surface area contributed by atoms with Crippen LogP contribution in [0.4, 0.5) is 0 Å². The lowest BCUT2D eigenvalue weighted by atomic mass is 9.88. The molecule has 18 heteroatoms. The van der Waals surface area contributed by atoms with Crippen molar-refractivity contribution in [1.29, 1.82) is 0 Å². The third kappa shape index (κ3) is 31.1. The molecule has 1 fully saturated rings. The van der Waals surface area contributed by atoms with E-state index in [1.54, 1.807) is 12.2 Å². The molecule has 1 aliphatic rings. The van der Waals surface area contributed by atoms with Crippen LogP contribution < -0.4 is 0 Å². The van der Waals surface area contributed by atoms with E-state index in [2.05, 4.69) is 29.8 Å². The largest absolute Gasteiger partial charge is 0.472 e. The van der Waals surface area contributed by atoms with Gasteiger partial charge in [0.25, 0.3) is 0 Å². The molecule has 1 aliphatic carbocycles. The Hall–Kier alpha value is -1.55. The maximum atomic E-state index is 12.7. The number of esters is 2. The first-order valence-electron chi connectivity index (χ1n) is 22.9. The van der Waals surface area contributed by atoms with Crippen LogP contribution in [0.3, 0.4) is 0 Å². The quantitative estimate of drug-likeness (QED) is 0.0147. The number of carbonyl (C=O) groups excluding carboxylic acids is 3. The molecular formula is C43H80O16P2. The number of aliphatic hydroxyl groups is 3. The van der Waals surface area contributed by atoms with Crippen molar-refractivity contribution in [3.05, 3.63) is 12.2 Å². The second kappa shape index (κ2) is 33.9. The molecule has 1 saturated carbocycles. The van der Waals surface area contributed by atoms with E-state index >= 15 is 0 Å². The Morgan fingerprint density at radius 1 is 0.721 bits per heavy atom. The van der Waals surface area contributed by atoms with Crippen molar-refractivity contribution in [1.82, 2.24) is 0 Å². The van der Waals surface area contributed by atoms with Crippen molar-refractivity contribution in [3.8, 4) is 0 Å². The van der Waals surface area contributed by atoms with E-state index in [1.807, 2.05) is 0 Å². The molecule has 0 radical (unpaired) electrons. The average molecular weight is 915 g/mol. The van der Waals surface area contributed by atoms with Crippen molar-refractivity contribution >= 4 is 33.4 Å². The second-order valence-corrected chi connectivity index (χ2v) is 19.4. The Labute approximate surface area is 364 Å². The van der Waals surface area contributed by atoms with Crippen LogP contribution in [-0.2, 0) is 46.6 Å². The van der Waals surface area contributed by atoms with Crippen molar-refractivity contribution in [2.75, 3.05) is 26.4 Å². The first-order valence-corrected chi connectivity index (χ1v) is 25.9. The van der Waals surface area contributed by atoms with Crippen molar-refractivity contribution in [2.45, 2.75) is 199 Å². The summed E-state index contributed by atoms with van der Waals surface area (Å²) >= 11 is 0. The lowest BCUT2D eigenvalue weighted by Crippen LogP contribution is -2.30. The summed E-state index contributed by atoms with van der Waals surface area (Å²) in [6.07, 6.45) is 19.7. The van der Waals surface area contributed by atoms with Gasteiger partial charge in [0.2, 0.25) is 0 Å². The van der Waals surface area contributed by atoms with E-state index in [0.29, 0.717) is 32.1 Å². The molecule has 1 rings (SSSR count). The summed E-state index contributed by atoms with van der Waals surface area (Å²) in [6, 6.07) is 0. The number of ketones is 1. The van der Waals surface area contributed by atoms with E-state index in [-0.39, 0.29) is 31.0 Å². The monoisotopic (exact) mass is 914 g/mol. The Morgan fingerprint density at radius 2 is 1.26 bits per heavy atom. The zero-order valence-corrected chi connectivity index (χ0v) is 38.9. The lowest BCUT2D eigenvalue weighted by molar-refractivity contribution is -0.161. The van der Waals surface area contributed by atoms with Gasteiger partial charge in [-0.05, 0) is 37.5 Å². The van der Waals surface area contributed by atoms with E-state index < -0.39 is 84.3 Å². The van der Waals surface area contributed by atoms with Crippen LogP contribution in [0.15, 0.2) is 12.2 Å². The molecule has 0 spiro atoms. The minimum Gasteiger partial charge on any atom is -0.462 e. The number of phosphoric acid groups is 2. The van der Waals surface area contributed by atoms with E-state index in [0.717, 1.165) is 63.7 Å². The van der Waals surface area contributed by atoms with Gasteiger partial charge in [0, 0.05) is 25.2 Å². The summed E-state index contributed by atoms with van der Waals surface area (Å²) in [7, 11) is -9.75. The number of Topliss-reactive ketones (excluding diaryl/α,β-unsaturated/α-hetero) is 1. The van der Waals surface area contributed by atoms with Crippen LogP contribution in [-0.4, -0.2) is 98.6 Å². The van der Waals surface area contributed by atoms with Crippen LogP contribution in [0, 0.1) is 17.8 Å². The number of aliphatic hydroxyl groups excluding tert-OH is 3. The van der Waals surface area contributed by atoms with Crippen LogP contribution in [0.25, 0.3) is 0 Å². The number of ether oxygens (including phenoxy) is 2. The summed E-state index contributed by atoms with van der Waals surface area (Å²) < 4.78 is 47.8. The molecular weight excluding hydrogens is 834 g/mol. The smallest absolute Gasteiger partial charge is 0.462 e.